The molecule has 2 aliphatic rings. The SMILES string of the molecule is OCC1OC(O[C@H]2OC(CO)C(O)C(OCc3ccccc3)C2OCc2ccccc2)C(OCc2ccccc2)C(OCc2ccccc2)C1O. The van der Waals surface area contributed by atoms with Crippen molar-refractivity contribution in [1.82, 2.24) is 0 Å². The van der Waals surface area contributed by atoms with Crippen LogP contribution < -0.4 is 0 Å². The van der Waals surface area contributed by atoms with Crippen molar-refractivity contribution in [3.8, 4) is 0 Å². The molecule has 11 nitrogen and oxygen atoms in total. The van der Waals surface area contributed by atoms with E-state index in [0.717, 1.165) is 22.3 Å². The summed E-state index contributed by atoms with van der Waals surface area (Å²) in [6, 6.07) is 38.0. The van der Waals surface area contributed by atoms with Gasteiger partial charge in [0.05, 0.1) is 39.6 Å². The van der Waals surface area contributed by atoms with Crippen LogP contribution in [0.3, 0.4) is 0 Å². The van der Waals surface area contributed by atoms with Crippen LogP contribution in [0.25, 0.3) is 0 Å². The summed E-state index contributed by atoms with van der Waals surface area (Å²) >= 11 is 0. The average molecular weight is 703 g/mol. The lowest BCUT2D eigenvalue weighted by Crippen LogP contribution is -2.65. The summed E-state index contributed by atoms with van der Waals surface area (Å²) in [5.74, 6) is 0. The van der Waals surface area contributed by atoms with E-state index in [2.05, 4.69) is 0 Å². The first-order valence-electron chi connectivity index (χ1n) is 17.2. The molecular formula is C40H46O11. The van der Waals surface area contributed by atoms with Crippen LogP contribution >= 0.6 is 0 Å². The van der Waals surface area contributed by atoms with E-state index in [-0.39, 0.29) is 26.4 Å². The smallest absolute Gasteiger partial charge is 0.190 e. The van der Waals surface area contributed by atoms with Gasteiger partial charge in [-0.1, -0.05) is 121 Å². The van der Waals surface area contributed by atoms with Gasteiger partial charge in [0.15, 0.2) is 12.6 Å². The van der Waals surface area contributed by atoms with Crippen LogP contribution in [0.2, 0.25) is 0 Å². The van der Waals surface area contributed by atoms with Gasteiger partial charge >= 0.3 is 0 Å². The van der Waals surface area contributed by atoms with Gasteiger partial charge in [-0.2, -0.15) is 0 Å². The molecule has 9 unspecified atom stereocenters. The molecule has 0 saturated carbocycles. The summed E-state index contributed by atoms with van der Waals surface area (Å²) in [4.78, 5) is 0. The van der Waals surface area contributed by atoms with Crippen molar-refractivity contribution in [2.45, 2.75) is 87.8 Å². The Labute approximate surface area is 297 Å². The molecule has 2 saturated heterocycles. The molecule has 4 N–H and O–H groups in total. The normalized spacial score (nSPS) is 29.5. The summed E-state index contributed by atoms with van der Waals surface area (Å²) in [6.45, 7) is -0.492. The fraction of sp³-hybridized carbons (Fsp3) is 0.400. The third kappa shape index (κ3) is 9.86. The van der Waals surface area contributed by atoms with E-state index >= 15 is 0 Å². The molecule has 10 atom stereocenters. The van der Waals surface area contributed by atoms with Gasteiger partial charge in [-0.05, 0) is 22.3 Å². The number of rotatable bonds is 16. The highest BCUT2D eigenvalue weighted by atomic mass is 16.8. The first-order chi connectivity index (χ1) is 25.0. The fourth-order valence-corrected chi connectivity index (χ4v) is 6.24. The third-order valence-electron chi connectivity index (χ3n) is 9.01. The van der Waals surface area contributed by atoms with Crippen molar-refractivity contribution >= 4 is 0 Å². The van der Waals surface area contributed by atoms with E-state index in [1.54, 1.807) is 0 Å². The van der Waals surface area contributed by atoms with Crippen molar-refractivity contribution in [2.24, 2.45) is 0 Å². The molecule has 0 bridgehead atoms. The van der Waals surface area contributed by atoms with Crippen molar-refractivity contribution in [3.05, 3.63) is 144 Å². The summed E-state index contributed by atoms with van der Waals surface area (Å²) in [5, 5.41) is 43.4. The van der Waals surface area contributed by atoms with Gasteiger partial charge in [-0.25, -0.2) is 0 Å². The number of aliphatic hydroxyl groups excluding tert-OH is 4. The molecule has 4 aromatic rings. The number of hydrogen-bond acceptors (Lipinski definition) is 11. The zero-order valence-corrected chi connectivity index (χ0v) is 28.2. The van der Waals surface area contributed by atoms with Gasteiger partial charge in [0.25, 0.3) is 0 Å². The standard InChI is InChI=1S/C40H46O11/c41-21-31-33(43)35(45-23-27-13-5-1-6-14-27)37(47-25-29-17-9-3-10-18-29)39(49-31)51-40-38(48-26-30-19-11-4-12-20-30)36(34(44)32(22-42)50-40)46-24-28-15-7-2-8-16-28/h1-20,31-44H,21-26H2/t31?,32?,33?,34?,35?,36?,37?,38?,39-,40?/m1/s1. The topological polar surface area (TPSA) is 146 Å². The molecule has 2 aliphatic heterocycles. The number of aliphatic hydroxyl groups is 4. The molecule has 11 heteroatoms. The van der Waals surface area contributed by atoms with Crippen molar-refractivity contribution in [2.75, 3.05) is 13.2 Å². The van der Waals surface area contributed by atoms with Crippen molar-refractivity contribution in [3.63, 3.8) is 0 Å². The van der Waals surface area contributed by atoms with Gasteiger partial charge in [-0.15, -0.1) is 0 Å². The van der Waals surface area contributed by atoms with Gasteiger partial charge in [0, 0.05) is 0 Å². The van der Waals surface area contributed by atoms with Gasteiger partial charge in [0.2, 0.25) is 0 Å². The van der Waals surface area contributed by atoms with E-state index in [9.17, 15) is 20.4 Å². The van der Waals surface area contributed by atoms with E-state index in [0.29, 0.717) is 0 Å². The van der Waals surface area contributed by atoms with E-state index < -0.39 is 74.6 Å². The monoisotopic (exact) mass is 702 g/mol. The van der Waals surface area contributed by atoms with Crippen LogP contribution in [0.1, 0.15) is 22.3 Å². The highest BCUT2D eigenvalue weighted by Crippen LogP contribution is 2.34. The highest BCUT2D eigenvalue weighted by Gasteiger charge is 2.52. The Balaban J connectivity index is 1.30. The Hall–Kier alpha value is -3.56. The summed E-state index contributed by atoms with van der Waals surface area (Å²) in [6.07, 6.45) is -11.3. The number of hydrogen-bond donors (Lipinski definition) is 4. The zero-order valence-electron chi connectivity index (χ0n) is 28.2. The first-order valence-corrected chi connectivity index (χ1v) is 17.2. The van der Waals surface area contributed by atoms with E-state index in [4.69, 9.17) is 33.2 Å². The van der Waals surface area contributed by atoms with Crippen LogP contribution in [-0.4, -0.2) is 95.1 Å². The van der Waals surface area contributed by atoms with Gasteiger partial charge in [-0.3, -0.25) is 0 Å². The van der Waals surface area contributed by atoms with E-state index in [1.165, 1.54) is 0 Å². The summed E-state index contributed by atoms with van der Waals surface area (Å²) < 4.78 is 44.4. The van der Waals surface area contributed by atoms with Crippen molar-refractivity contribution in [1.29, 1.82) is 0 Å². The third-order valence-corrected chi connectivity index (χ3v) is 9.01. The zero-order chi connectivity index (χ0) is 35.4. The van der Waals surface area contributed by atoms with Crippen LogP contribution in [0.5, 0.6) is 0 Å². The quantitative estimate of drug-likeness (QED) is 0.136. The maximum atomic E-state index is 11.4. The molecule has 0 aromatic heterocycles. The molecule has 0 spiro atoms. The minimum Gasteiger partial charge on any atom is -0.394 e. The van der Waals surface area contributed by atoms with Crippen LogP contribution in [0, 0.1) is 0 Å². The largest absolute Gasteiger partial charge is 0.394 e. The van der Waals surface area contributed by atoms with Crippen LogP contribution in [-0.2, 0) is 59.6 Å². The second-order valence-corrected chi connectivity index (χ2v) is 12.6. The second kappa shape index (κ2) is 18.8. The van der Waals surface area contributed by atoms with Gasteiger partial charge in [0.1, 0.15) is 48.8 Å². The molecule has 2 heterocycles. The summed E-state index contributed by atoms with van der Waals surface area (Å²) in [7, 11) is 0. The Bertz CT molecular complexity index is 1430. The predicted octanol–water partition coefficient (Wildman–Crippen LogP) is 3.50. The molecule has 6 rings (SSSR count). The lowest BCUT2D eigenvalue weighted by molar-refractivity contribution is -0.389. The Kier molecular flexibility index (Phi) is 13.7. The maximum absolute atomic E-state index is 11.4. The number of benzene rings is 4. The predicted molar refractivity (Wildman–Crippen MR) is 185 cm³/mol. The van der Waals surface area contributed by atoms with Crippen LogP contribution in [0.15, 0.2) is 121 Å². The van der Waals surface area contributed by atoms with Gasteiger partial charge < -0.3 is 53.6 Å². The fourth-order valence-electron chi connectivity index (χ4n) is 6.24. The average Bonchev–Trinajstić information content (AvgIpc) is 3.18. The molecule has 272 valence electrons. The van der Waals surface area contributed by atoms with Crippen molar-refractivity contribution < 1.29 is 53.6 Å². The minimum absolute atomic E-state index is 0.136. The van der Waals surface area contributed by atoms with E-state index in [1.807, 2.05) is 121 Å². The Morgan fingerprint density at radius 3 is 0.961 bits per heavy atom. The number of ether oxygens (including phenoxy) is 7. The Morgan fingerprint density at radius 1 is 0.412 bits per heavy atom. The maximum Gasteiger partial charge on any atom is 0.190 e. The lowest BCUT2D eigenvalue weighted by atomic mass is 9.97. The summed E-state index contributed by atoms with van der Waals surface area (Å²) in [5.41, 5.74) is 3.48. The highest BCUT2D eigenvalue weighted by molar-refractivity contribution is 5.16. The Morgan fingerprint density at radius 2 is 0.686 bits per heavy atom. The minimum atomic E-state index is -1.27. The molecule has 0 radical (unpaired) electrons. The molecular weight excluding hydrogens is 656 g/mol. The van der Waals surface area contributed by atoms with Crippen LogP contribution in [0.4, 0.5) is 0 Å². The molecule has 2 fully saturated rings. The molecule has 0 amide bonds. The first kappa shape index (κ1) is 37.2. The molecule has 51 heavy (non-hydrogen) atoms. The lowest BCUT2D eigenvalue weighted by Gasteiger charge is -2.48. The molecule has 0 aliphatic carbocycles. The second-order valence-electron chi connectivity index (χ2n) is 12.6. The molecule has 4 aromatic carbocycles.